The fourth-order valence-electron chi connectivity index (χ4n) is 1.70. The summed E-state index contributed by atoms with van der Waals surface area (Å²) in [5.74, 6) is -1.08. The first kappa shape index (κ1) is 16.7. The Morgan fingerprint density at radius 2 is 2.05 bits per heavy atom. The fourth-order valence-corrected chi connectivity index (χ4v) is 3.07. The molecule has 0 aliphatic rings. The molecule has 20 heavy (non-hydrogen) atoms. The van der Waals surface area contributed by atoms with Crippen LogP contribution in [0.1, 0.15) is 24.3 Å². The lowest BCUT2D eigenvalue weighted by Crippen LogP contribution is -2.44. The number of hydrogen-bond acceptors (Lipinski definition) is 4. The summed E-state index contributed by atoms with van der Waals surface area (Å²) in [7, 11) is -0.00688. The maximum Gasteiger partial charge on any atom is 0.352 e. The highest BCUT2D eigenvalue weighted by Crippen LogP contribution is 2.13. The van der Waals surface area contributed by atoms with Crippen LogP contribution in [0, 0.1) is 5.92 Å². The first-order chi connectivity index (χ1) is 9.13. The van der Waals surface area contributed by atoms with Crippen LogP contribution >= 0.6 is 0 Å². The number of H-pyrrole nitrogens is 1. The van der Waals surface area contributed by atoms with Crippen molar-refractivity contribution < 1.29 is 18.3 Å². The zero-order valence-electron chi connectivity index (χ0n) is 12.0. The van der Waals surface area contributed by atoms with E-state index in [0.29, 0.717) is 6.54 Å². The summed E-state index contributed by atoms with van der Waals surface area (Å²) in [5, 5.41) is 8.80. The molecule has 0 radical (unpaired) electrons. The van der Waals surface area contributed by atoms with Crippen LogP contribution in [0.5, 0.6) is 0 Å². The molecule has 0 aliphatic carbocycles. The number of aromatic amines is 1. The molecule has 114 valence electrons. The first-order valence-corrected chi connectivity index (χ1v) is 7.70. The molecule has 3 N–H and O–H groups in total. The van der Waals surface area contributed by atoms with E-state index in [1.165, 1.54) is 6.20 Å². The number of likely N-dealkylation sites (N-methyl/N-ethyl adjacent to an activating group) is 1. The molecule has 0 saturated heterocycles. The maximum absolute atomic E-state index is 12.2. The van der Waals surface area contributed by atoms with E-state index in [2.05, 4.69) is 9.71 Å². The van der Waals surface area contributed by atoms with Crippen LogP contribution in [0.2, 0.25) is 0 Å². The molecule has 8 heteroatoms. The zero-order chi connectivity index (χ0) is 15.5. The lowest BCUT2D eigenvalue weighted by atomic mass is 10.1. The molecule has 0 spiro atoms. The molecule has 0 aliphatic heterocycles. The van der Waals surface area contributed by atoms with E-state index in [1.807, 2.05) is 32.8 Å². The Hall–Kier alpha value is -1.38. The molecule has 0 aromatic carbocycles. The van der Waals surface area contributed by atoms with Gasteiger partial charge in [-0.25, -0.2) is 17.9 Å². The Kier molecular flexibility index (Phi) is 5.32. The SMILES string of the molecule is CC(C)C(CN(C)C)NS(=O)(=O)c1c[nH]c(C(=O)O)c1. The average molecular weight is 303 g/mol. The number of aromatic nitrogens is 1. The molecule has 0 fully saturated rings. The van der Waals surface area contributed by atoms with Crippen molar-refractivity contribution in [1.29, 1.82) is 0 Å². The molecular formula is C12H21N3O4S. The third-order valence-electron chi connectivity index (χ3n) is 2.87. The van der Waals surface area contributed by atoms with Gasteiger partial charge in [0.1, 0.15) is 10.6 Å². The molecule has 1 rings (SSSR count). The van der Waals surface area contributed by atoms with Gasteiger partial charge in [0.25, 0.3) is 0 Å². The molecule has 1 aromatic rings. The lowest BCUT2D eigenvalue weighted by molar-refractivity contribution is 0.0691. The van der Waals surface area contributed by atoms with E-state index >= 15 is 0 Å². The Balaban J connectivity index is 2.94. The van der Waals surface area contributed by atoms with Crippen LogP contribution < -0.4 is 4.72 Å². The summed E-state index contributed by atoms with van der Waals surface area (Å²) < 4.78 is 27.1. The number of sulfonamides is 1. The summed E-state index contributed by atoms with van der Waals surface area (Å²) in [6.07, 6.45) is 1.18. The average Bonchev–Trinajstić information content (AvgIpc) is 2.76. The standard InChI is InChI=1S/C12H21N3O4S/c1-8(2)11(7-15(3)4)14-20(18,19)9-5-10(12(16)17)13-6-9/h5-6,8,11,13-14H,7H2,1-4H3,(H,16,17). The van der Waals surface area contributed by atoms with Crippen molar-refractivity contribution in [2.45, 2.75) is 24.8 Å². The minimum Gasteiger partial charge on any atom is -0.477 e. The van der Waals surface area contributed by atoms with Crippen LogP contribution in [-0.2, 0) is 10.0 Å². The molecule has 1 aromatic heterocycles. The van der Waals surface area contributed by atoms with E-state index < -0.39 is 16.0 Å². The summed E-state index contributed by atoms with van der Waals surface area (Å²) >= 11 is 0. The number of carboxylic acids is 1. The maximum atomic E-state index is 12.2. The molecule has 0 saturated carbocycles. The monoisotopic (exact) mass is 303 g/mol. The lowest BCUT2D eigenvalue weighted by Gasteiger charge is -2.25. The largest absolute Gasteiger partial charge is 0.477 e. The minimum atomic E-state index is -3.73. The van der Waals surface area contributed by atoms with Gasteiger partial charge in [-0.05, 0) is 26.1 Å². The number of carbonyl (C=O) groups is 1. The third-order valence-corrected chi connectivity index (χ3v) is 4.34. The van der Waals surface area contributed by atoms with Crippen LogP contribution in [0.3, 0.4) is 0 Å². The van der Waals surface area contributed by atoms with Gasteiger partial charge in [-0.2, -0.15) is 0 Å². The van der Waals surface area contributed by atoms with E-state index in [1.54, 1.807) is 0 Å². The fraction of sp³-hybridized carbons (Fsp3) is 0.583. The minimum absolute atomic E-state index is 0.0701. The predicted molar refractivity (Wildman–Crippen MR) is 75.3 cm³/mol. The van der Waals surface area contributed by atoms with Gasteiger partial charge in [-0.1, -0.05) is 13.8 Å². The van der Waals surface area contributed by atoms with Gasteiger partial charge >= 0.3 is 5.97 Å². The number of rotatable bonds is 7. The van der Waals surface area contributed by atoms with Gasteiger partial charge in [-0.15, -0.1) is 0 Å². The van der Waals surface area contributed by atoms with E-state index in [9.17, 15) is 13.2 Å². The van der Waals surface area contributed by atoms with Gasteiger partial charge in [0.05, 0.1) is 0 Å². The molecule has 1 atom stereocenters. The summed E-state index contributed by atoms with van der Waals surface area (Å²) in [6.45, 7) is 4.42. The molecule has 0 amide bonds. The van der Waals surface area contributed by atoms with Crippen LogP contribution in [0.15, 0.2) is 17.2 Å². The summed E-state index contributed by atoms with van der Waals surface area (Å²) in [5.41, 5.74) is -0.154. The second kappa shape index (κ2) is 6.38. The highest BCUT2D eigenvalue weighted by atomic mass is 32.2. The topological polar surface area (TPSA) is 103 Å². The van der Waals surface area contributed by atoms with Gasteiger partial charge in [0, 0.05) is 18.8 Å². The van der Waals surface area contributed by atoms with Gasteiger partial charge < -0.3 is 15.0 Å². The Morgan fingerprint density at radius 1 is 1.45 bits per heavy atom. The molecule has 0 bridgehead atoms. The second-order valence-corrected chi connectivity index (χ2v) is 7.00. The normalized spacial score (nSPS) is 13.9. The number of aromatic carboxylic acids is 1. The van der Waals surface area contributed by atoms with Crippen molar-refractivity contribution in [3.05, 3.63) is 18.0 Å². The van der Waals surface area contributed by atoms with Crippen molar-refractivity contribution in [2.75, 3.05) is 20.6 Å². The van der Waals surface area contributed by atoms with Crippen molar-refractivity contribution in [1.82, 2.24) is 14.6 Å². The zero-order valence-corrected chi connectivity index (χ0v) is 12.9. The third kappa shape index (κ3) is 4.32. The summed E-state index contributed by atoms with van der Waals surface area (Å²) in [4.78, 5) is 15.0. The molecule has 1 unspecified atom stereocenters. The van der Waals surface area contributed by atoms with Crippen LogP contribution in [-0.4, -0.2) is 56.1 Å². The Bertz CT molecular complexity index is 563. The highest BCUT2D eigenvalue weighted by molar-refractivity contribution is 7.89. The Labute approximate surface area is 119 Å². The second-order valence-electron chi connectivity index (χ2n) is 5.29. The molecule has 7 nitrogen and oxygen atoms in total. The van der Waals surface area contributed by atoms with Crippen LogP contribution in [0.4, 0.5) is 0 Å². The molecule has 1 heterocycles. The van der Waals surface area contributed by atoms with Crippen LogP contribution in [0.25, 0.3) is 0 Å². The van der Waals surface area contributed by atoms with Crippen molar-refractivity contribution in [3.8, 4) is 0 Å². The van der Waals surface area contributed by atoms with Gasteiger partial charge in [-0.3, -0.25) is 0 Å². The number of nitrogens with one attached hydrogen (secondary N) is 2. The summed E-state index contributed by atoms with van der Waals surface area (Å²) in [6, 6.07) is 0.857. The van der Waals surface area contributed by atoms with E-state index in [0.717, 1.165) is 6.07 Å². The molecular weight excluding hydrogens is 282 g/mol. The van der Waals surface area contributed by atoms with Crippen molar-refractivity contribution in [3.63, 3.8) is 0 Å². The Morgan fingerprint density at radius 3 is 2.45 bits per heavy atom. The van der Waals surface area contributed by atoms with Gasteiger partial charge in [0.15, 0.2) is 0 Å². The van der Waals surface area contributed by atoms with Crippen molar-refractivity contribution >= 4 is 16.0 Å². The van der Waals surface area contributed by atoms with E-state index in [4.69, 9.17) is 5.11 Å². The number of nitrogens with zero attached hydrogens (tertiary/aromatic N) is 1. The first-order valence-electron chi connectivity index (χ1n) is 6.22. The van der Waals surface area contributed by atoms with Crippen molar-refractivity contribution in [2.24, 2.45) is 5.92 Å². The number of hydrogen-bond donors (Lipinski definition) is 3. The van der Waals surface area contributed by atoms with Gasteiger partial charge in [0.2, 0.25) is 10.0 Å². The predicted octanol–water partition coefficient (Wildman–Crippen LogP) is 0.577. The highest BCUT2D eigenvalue weighted by Gasteiger charge is 2.24. The van der Waals surface area contributed by atoms with E-state index in [-0.39, 0.29) is 22.5 Å². The quantitative estimate of drug-likeness (QED) is 0.683. The number of carboxylic acid groups (broad SMARTS) is 1. The smallest absolute Gasteiger partial charge is 0.352 e.